The van der Waals surface area contributed by atoms with E-state index in [0.717, 1.165) is 24.0 Å². The second-order valence-electron chi connectivity index (χ2n) is 12.2. The summed E-state index contributed by atoms with van der Waals surface area (Å²) in [5.41, 5.74) is 1.28. The molecule has 2 N–H and O–H groups in total. The second kappa shape index (κ2) is 11.0. The average Bonchev–Trinajstić information content (AvgIpc) is 3.26. The van der Waals surface area contributed by atoms with Gasteiger partial charge in [0.2, 0.25) is 15.9 Å². The van der Waals surface area contributed by atoms with Gasteiger partial charge in [0.1, 0.15) is 10.6 Å². The molecule has 2 aliphatic heterocycles. The summed E-state index contributed by atoms with van der Waals surface area (Å²) in [6.07, 6.45) is 4.68. The number of ether oxygens (including phenoxy) is 1. The van der Waals surface area contributed by atoms with Crippen LogP contribution in [0.1, 0.15) is 40.0 Å². The predicted molar refractivity (Wildman–Crippen MR) is 145 cm³/mol. The van der Waals surface area contributed by atoms with Crippen molar-refractivity contribution in [3.8, 4) is 16.9 Å². The molecule has 2 aliphatic rings. The third-order valence-electron chi connectivity index (χ3n) is 7.30. The molecule has 1 atom stereocenters. The molecule has 1 spiro atoms. The van der Waals surface area contributed by atoms with Crippen molar-refractivity contribution in [3.63, 3.8) is 0 Å². The molecule has 10 nitrogen and oxygen atoms in total. The summed E-state index contributed by atoms with van der Waals surface area (Å²) in [7, 11) is -0.167. The van der Waals surface area contributed by atoms with E-state index in [9.17, 15) is 18.3 Å². The van der Waals surface area contributed by atoms with Gasteiger partial charge in [-0.2, -0.15) is 5.10 Å². The molecular weight excluding hydrogens is 506 g/mol. The van der Waals surface area contributed by atoms with Gasteiger partial charge in [-0.3, -0.25) is 9.48 Å². The molecule has 3 heterocycles. The third kappa shape index (κ3) is 6.93. The molecule has 38 heavy (non-hydrogen) atoms. The number of β-amino-alcohol motifs (C(OH)–C–C–N with tert-alkyl or cyclic N) is 1. The molecule has 210 valence electrons. The first kappa shape index (κ1) is 28.5. The summed E-state index contributed by atoms with van der Waals surface area (Å²) in [5, 5.41) is 14.8. The van der Waals surface area contributed by atoms with Crippen molar-refractivity contribution in [3.05, 3.63) is 30.6 Å². The van der Waals surface area contributed by atoms with E-state index in [1.165, 1.54) is 0 Å². The van der Waals surface area contributed by atoms with Gasteiger partial charge in [-0.15, -0.1) is 0 Å². The number of likely N-dealkylation sites (N-methyl/N-ethyl adjacent to an activating group) is 1. The van der Waals surface area contributed by atoms with Gasteiger partial charge >= 0.3 is 0 Å². The highest BCUT2D eigenvalue weighted by Gasteiger charge is 2.39. The summed E-state index contributed by atoms with van der Waals surface area (Å²) >= 11 is 0. The molecule has 0 bridgehead atoms. The van der Waals surface area contributed by atoms with Crippen molar-refractivity contribution in [2.75, 3.05) is 46.4 Å². The molecular formula is C27H41N5O5S. The van der Waals surface area contributed by atoms with Gasteiger partial charge in [0.15, 0.2) is 0 Å². The normalized spacial score (nSPS) is 22.7. The molecule has 0 aliphatic carbocycles. The number of aryl methyl sites for hydroxylation is 1. The highest BCUT2D eigenvalue weighted by atomic mass is 32.2. The largest absolute Gasteiger partial charge is 0.492 e. The molecule has 1 fully saturated rings. The number of hydrogen-bond acceptors (Lipinski definition) is 7. The summed E-state index contributed by atoms with van der Waals surface area (Å²) in [6.45, 7) is 8.63. The minimum atomic E-state index is -3.92. The molecule has 2 aromatic rings. The maximum absolute atomic E-state index is 13.2. The van der Waals surface area contributed by atoms with Crippen molar-refractivity contribution in [1.29, 1.82) is 0 Å². The maximum Gasteiger partial charge on any atom is 0.244 e. The van der Waals surface area contributed by atoms with Gasteiger partial charge in [-0.25, -0.2) is 13.1 Å². The summed E-state index contributed by atoms with van der Waals surface area (Å²) in [4.78, 5) is 16.9. The minimum absolute atomic E-state index is 0.0409. The van der Waals surface area contributed by atoms with E-state index in [1.807, 2.05) is 30.1 Å². The lowest BCUT2D eigenvalue weighted by Crippen LogP contribution is -2.51. The van der Waals surface area contributed by atoms with Crippen LogP contribution in [0.5, 0.6) is 5.75 Å². The van der Waals surface area contributed by atoms with Crippen LogP contribution >= 0.6 is 0 Å². The van der Waals surface area contributed by atoms with Crippen molar-refractivity contribution >= 4 is 15.9 Å². The Kier molecular flexibility index (Phi) is 8.23. The van der Waals surface area contributed by atoms with Crippen molar-refractivity contribution in [2.45, 2.75) is 51.0 Å². The van der Waals surface area contributed by atoms with Crippen molar-refractivity contribution in [2.24, 2.45) is 17.9 Å². The van der Waals surface area contributed by atoms with Crippen LogP contribution in [0, 0.1) is 10.8 Å². The van der Waals surface area contributed by atoms with E-state index in [2.05, 4.69) is 30.6 Å². The SMILES string of the molecule is CN1CC(O)CNS(=O)(=O)c2ccc(-c3cnn(C)c3)cc2OCC2(CCN(C(=O)CC(C)(C)C)CC2)C1. The molecule has 0 radical (unpaired) electrons. The van der Waals surface area contributed by atoms with Gasteiger partial charge in [0.25, 0.3) is 0 Å². The van der Waals surface area contributed by atoms with E-state index in [4.69, 9.17) is 4.74 Å². The number of fused-ring (bicyclic) bond motifs is 1. The van der Waals surface area contributed by atoms with E-state index in [1.54, 1.807) is 29.1 Å². The molecule has 1 saturated heterocycles. The lowest BCUT2D eigenvalue weighted by atomic mass is 9.78. The summed E-state index contributed by atoms with van der Waals surface area (Å²) in [5.74, 6) is 0.427. The number of piperidine rings is 1. The number of carbonyl (C=O) groups is 1. The van der Waals surface area contributed by atoms with Crippen LogP contribution in [-0.2, 0) is 21.9 Å². The molecule has 1 aromatic heterocycles. The Hall–Kier alpha value is -2.47. The molecule has 1 aromatic carbocycles. The number of benzene rings is 1. The number of nitrogens with zero attached hydrogens (tertiary/aromatic N) is 4. The van der Waals surface area contributed by atoms with Crippen molar-refractivity contribution < 1.29 is 23.1 Å². The number of aromatic nitrogens is 2. The van der Waals surface area contributed by atoms with Crippen molar-refractivity contribution in [1.82, 2.24) is 24.3 Å². The van der Waals surface area contributed by atoms with Crippen LogP contribution in [0.3, 0.4) is 0 Å². The Morgan fingerprint density at radius 1 is 1.21 bits per heavy atom. The molecule has 1 unspecified atom stereocenters. The number of aliphatic hydroxyl groups is 1. The smallest absolute Gasteiger partial charge is 0.244 e. The average molecular weight is 548 g/mol. The van der Waals surface area contributed by atoms with Crippen LogP contribution in [0.2, 0.25) is 0 Å². The lowest BCUT2D eigenvalue weighted by molar-refractivity contribution is -0.136. The fraction of sp³-hybridized carbons (Fsp3) is 0.630. The lowest BCUT2D eigenvalue weighted by Gasteiger charge is -2.44. The van der Waals surface area contributed by atoms with E-state index < -0.39 is 16.1 Å². The highest BCUT2D eigenvalue weighted by Crippen LogP contribution is 2.37. The van der Waals surface area contributed by atoms with Gasteiger partial charge in [0.05, 0.1) is 18.9 Å². The number of sulfonamides is 1. The van der Waals surface area contributed by atoms with Crippen LogP contribution in [0.4, 0.5) is 0 Å². The van der Waals surface area contributed by atoms with Crippen LogP contribution in [-0.4, -0.2) is 91.5 Å². The molecule has 4 rings (SSSR count). The minimum Gasteiger partial charge on any atom is -0.492 e. The number of amides is 1. The standard InChI is InChI=1S/C27H41N5O5S/c1-26(2,3)13-25(34)32-10-8-27(9-11-32)18-30(4)17-22(33)15-29-38(35,36)24-7-6-20(12-23(24)37-19-27)21-14-28-31(5)16-21/h6-7,12,14,16,22,29,33H,8-11,13,15,17-19H2,1-5H3. The Balaban J connectivity index is 1.64. The monoisotopic (exact) mass is 547 g/mol. The number of likely N-dealkylation sites (tertiary alicyclic amines) is 1. The number of rotatable bonds is 2. The second-order valence-corrected chi connectivity index (χ2v) is 13.9. The zero-order valence-electron chi connectivity index (χ0n) is 23.1. The Morgan fingerprint density at radius 2 is 1.92 bits per heavy atom. The van der Waals surface area contributed by atoms with Gasteiger partial charge in [0, 0.05) is 63.4 Å². The first-order chi connectivity index (χ1) is 17.8. The predicted octanol–water partition coefficient (Wildman–Crippen LogP) is 2.10. The molecule has 0 saturated carbocycles. The Bertz CT molecular complexity index is 1240. The summed E-state index contributed by atoms with van der Waals surface area (Å²) in [6, 6.07) is 5.03. The zero-order valence-corrected chi connectivity index (χ0v) is 23.9. The van der Waals surface area contributed by atoms with E-state index in [-0.39, 0.29) is 33.9 Å². The number of hydrogen-bond donors (Lipinski definition) is 2. The van der Waals surface area contributed by atoms with Crippen LogP contribution < -0.4 is 9.46 Å². The molecule has 1 amide bonds. The first-order valence-corrected chi connectivity index (χ1v) is 14.6. The fourth-order valence-corrected chi connectivity index (χ4v) is 6.51. The van der Waals surface area contributed by atoms with Gasteiger partial charge in [-0.1, -0.05) is 26.8 Å². The summed E-state index contributed by atoms with van der Waals surface area (Å²) < 4.78 is 37.0. The maximum atomic E-state index is 13.2. The zero-order chi connectivity index (χ0) is 27.7. The van der Waals surface area contributed by atoms with E-state index in [0.29, 0.717) is 39.2 Å². The number of carbonyl (C=O) groups excluding carboxylic acids is 1. The highest BCUT2D eigenvalue weighted by molar-refractivity contribution is 7.89. The van der Waals surface area contributed by atoms with Crippen LogP contribution in [0.15, 0.2) is 35.5 Å². The Labute approximate surface area is 226 Å². The number of nitrogens with one attached hydrogen (secondary N) is 1. The quantitative estimate of drug-likeness (QED) is 0.591. The fourth-order valence-electron chi connectivity index (χ4n) is 5.31. The number of aliphatic hydroxyl groups excluding tert-OH is 1. The third-order valence-corrected chi connectivity index (χ3v) is 8.76. The van der Waals surface area contributed by atoms with Gasteiger partial charge in [-0.05, 0) is 43.0 Å². The molecule has 11 heteroatoms. The Morgan fingerprint density at radius 3 is 2.55 bits per heavy atom. The topological polar surface area (TPSA) is 117 Å². The van der Waals surface area contributed by atoms with Crippen LogP contribution in [0.25, 0.3) is 11.1 Å². The first-order valence-electron chi connectivity index (χ1n) is 13.2. The van der Waals surface area contributed by atoms with E-state index >= 15 is 0 Å². The van der Waals surface area contributed by atoms with Gasteiger partial charge < -0.3 is 19.6 Å².